The molecule has 5 nitrogen and oxygen atoms in total. The van der Waals surface area contributed by atoms with Crippen molar-refractivity contribution in [2.45, 2.75) is 56.0 Å². The molecule has 44 heavy (non-hydrogen) atoms. The van der Waals surface area contributed by atoms with Gasteiger partial charge in [0.2, 0.25) is 5.91 Å². The van der Waals surface area contributed by atoms with Crippen molar-refractivity contribution in [1.29, 1.82) is 0 Å². The normalized spacial score (nSPS) is 18.9. The summed E-state index contributed by atoms with van der Waals surface area (Å²) in [4.78, 5) is 22.0. The first-order chi connectivity index (χ1) is 21.5. The minimum absolute atomic E-state index is 0.0504. The number of aryl methyl sites for hydroxylation is 2. The molecule has 5 aromatic rings. The van der Waals surface area contributed by atoms with Gasteiger partial charge in [0.25, 0.3) is 0 Å². The lowest BCUT2D eigenvalue weighted by molar-refractivity contribution is -0.120. The van der Waals surface area contributed by atoms with Crippen LogP contribution in [0.5, 0.6) is 0 Å². The fourth-order valence-corrected chi connectivity index (χ4v) is 7.24. The lowest BCUT2D eigenvalue weighted by atomic mass is 9.87. The number of hydrogen-bond donors (Lipinski definition) is 1. The molecule has 1 N–H and O–H groups in total. The molecule has 1 heterocycles. The molecule has 7 rings (SSSR count). The standard InChI is InChI=1S/C37H35FN4OS/c1-25-39-23-31(42(25)29-12-6-3-7-13-29)24-41(37(43)35-22-33(35)26-9-4-2-5-10-26)30-18-15-27-11-8-14-36(34(27)21-30)40-44-32-19-16-28(38)17-20-32/h2-7,9-10,12-13,15-21,23,33,35-36,40H,8,11,14,22,24H2,1H3. The fraction of sp³-hybridized carbons (Fsp3) is 0.243. The Kier molecular flexibility index (Phi) is 8.07. The van der Waals surface area contributed by atoms with Gasteiger partial charge < -0.3 is 4.90 Å². The zero-order valence-electron chi connectivity index (χ0n) is 24.7. The number of nitrogens with one attached hydrogen (secondary N) is 1. The average Bonchev–Trinajstić information content (AvgIpc) is 3.79. The van der Waals surface area contributed by atoms with Crippen molar-refractivity contribution in [2.75, 3.05) is 4.90 Å². The van der Waals surface area contributed by atoms with E-state index in [1.54, 1.807) is 12.1 Å². The van der Waals surface area contributed by atoms with Gasteiger partial charge in [-0.15, -0.1) is 0 Å². The van der Waals surface area contributed by atoms with Crippen LogP contribution in [0.1, 0.15) is 59.4 Å². The molecule has 3 atom stereocenters. The second-order valence-electron chi connectivity index (χ2n) is 11.8. The van der Waals surface area contributed by atoms with E-state index in [2.05, 4.69) is 68.9 Å². The van der Waals surface area contributed by atoms with Crippen LogP contribution < -0.4 is 9.62 Å². The van der Waals surface area contributed by atoms with Crippen molar-refractivity contribution >= 4 is 23.5 Å². The molecule has 0 bridgehead atoms. The number of benzene rings is 4. The van der Waals surface area contributed by atoms with E-state index in [4.69, 9.17) is 0 Å². The van der Waals surface area contributed by atoms with E-state index in [1.165, 1.54) is 40.8 Å². The van der Waals surface area contributed by atoms with Gasteiger partial charge >= 0.3 is 0 Å². The van der Waals surface area contributed by atoms with Gasteiger partial charge in [0.05, 0.1) is 18.4 Å². The molecular weight excluding hydrogens is 567 g/mol. The number of amides is 1. The summed E-state index contributed by atoms with van der Waals surface area (Å²) in [5.74, 6) is 0.996. The van der Waals surface area contributed by atoms with Crippen molar-refractivity contribution < 1.29 is 9.18 Å². The van der Waals surface area contributed by atoms with Crippen LogP contribution in [0.15, 0.2) is 114 Å². The molecule has 3 unspecified atom stereocenters. The highest BCUT2D eigenvalue weighted by Crippen LogP contribution is 2.49. The second kappa shape index (κ2) is 12.4. The number of rotatable bonds is 9. The van der Waals surface area contributed by atoms with Gasteiger partial charge in [0.15, 0.2) is 0 Å². The highest BCUT2D eigenvalue weighted by Gasteiger charge is 2.46. The molecule has 0 aliphatic heterocycles. The van der Waals surface area contributed by atoms with Crippen LogP contribution >= 0.6 is 11.9 Å². The number of carbonyl (C=O) groups excluding carboxylic acids is 1. The smallest absolute Gasteiger partial charge is 0.231 e. The Morgan fingerprint density at radius 2 is 1.75 bits per heavy atom. The molecule has 2 aliphatic rings. The fourth-order valence-electron chi connectivity index (χ4n) is 6.45. The van der Waals surface area contributed by atoms with E-state index < -0.39 is 0 Å². The summed E-state index contributed by atoms with van der Waals surface area (Å²) in [6.45, 7) is 2.43. The van der Waals surface area contributed by atoms with Crippen LogP contribution in [0.4, 0.5) is 10.1 Å². The van der Waals surface area contributed by atoms with Crippen LogP contribution in [0.3, 0.4) is 0 Å². The number of nitrogens with zero attached hydrogens (tertiary/aromatic N) is 3. The van der Waals surface area contributed by atoms with E-state index in [-0.39, 0.29) is 29.6 Å². The van der Waals surface area contributed by atoms with Crippen molar-refractivity contribution in [3.8, 4) is 5.69 Å². The topological polar surface area (TPSA) is 50.2 Å². The number of halogens is 1. The largest absolute Gasteiger partial charge is 0.306 e. The highest BCUT2D eigenvalue weighted by atomic mass is 32.2. The highest BCUT2D eigenvalue weighted by molar-refractivity contribution is 7.97. The molecule has 0 radical (unpaired) electrons. The van der Waals surface area contributed by atoms with Crippen molar-refractivity contribution in [1.82, 2.24) is 14.3 Å². The number of hydrogen-bond acceptors (Lipinski definition) is 4. The number of anilines is 1. The number of aromatic nitrogens is 2. The van der Waals surface area contributed by atoms with E-state index >= 15 is 0 Å². The van der Waals surface area contributed by atoms with Gasteiger partial charge in [-0.1, -0.05) is 54.6 Å². The first-order valence-electron chi connectivity index (χ1n) is 15.3. The van der Waals surface area contributed by atoms with Gasteiger partial charge in [0.1, 0.15) is 11.6 Å². The maximum absolute atomic E-state index is 14.4. The summed E-state index contributed by atoms with van der Waals surface area (Å²) in [6, 6.07) is 33.8. The lowest BCUT2D eigenvalue weighted by Gasteiger charge is -2.30. The number of imidazole rings is 1. The number of para-hydroxylation sites is 1. The van der Waals surface area contributed by atoms with Crippen molar-refractivity contribution in [2.24, 2.45) is 5.92 Å². The first kappa shape index (κ1) is 28.6. The summed E-state index contributed by atoms with van der Waals surface area (Å²) in [5, 5.41) is 0. The number of carbonyl (C=O) groups is 1. The summed E-state index contributed by atoms with van der Waals surface area (Å²) >= 11 is 1.53. The molecule has 4 aromatic carbocycles. The molecule has 1 amide bonds. The summed E-state index contributed by atoms with van der Waals surface area (Å²) < 4.78 is 19.2. The molecule has 222 valence electrons. The maximum Gasteiger partial charge on any atom is 0.231 e. The maximum atomic E-state index is 14.4. The Morgan fingerprint density at radius 3 is 2.52 bits per heavy atom. The molecule has 7 heteroatoms. The van der Waals surface area contributed by atoms with Crippen LogP contribution in [0, 0.1) is 18.7 Å². The summed E-state index contributed by atoms with van der Waals surface area (Å²) in [6.07, 6.45) is 5.86. The SMILES string of the molecule is Cc1ncc(CN(C(=O)C2CC2c2ccccc2)c2ccc3c(c2)C(NSc2ccc(F)cc2)CCC3)n1-c1ccccc1. The Morgan fingerprint density at radius 1 is 1.00 bits per heavy atom. The van der Waals surface area contributed by atoms with Gasteiger partial charge in [-0.3, -0.25) is 14.1 Å². The van der Waals surface area contributed by atoms with Crippen LogP contribution in [-0.2, 0) is 17.8 Å². The van der Waals surface area contributed by atoms with Gasteiger partial charge in [-0.25, -0.2) is 9.37 Å². The van der Waals surface area contributed by atoms with Gasteiger partial charge in [-0.2, -0.15) is 0 Å². The summed E-state index contributed by atoms with van der Waals surface area (Å²) in [7, 11) is 0. The Balaban J connectivity index is 1.21. The zero-order valence-corrected chi connectivity index (χ0v) is 25.5. The van der Waals surface area contributed by atoms with Crippen molar-refractivity contribution in [3.05, 3.63) is 143 Å². The third-order valence-electron chi connectivity index (χ3n) is 8.84. The minimum atomic E-state index is -0.235. The van der Waals surface area contributed by atoms with E-state index in [0.29, 0.717) is 6.54 Å². The molecular formula is C37H35FN4OS. The first-order valence-corrected chi connectivity index (χ1v) is 16.1. The quantitative estimate of drug-likeness (QED) is 0.172. The minimum Gasteiger partial charge on any atom is -0.306 e. The zero-order chi connectivity index (χ0) is 30.0. The Bertz CT molecular complexity index is 1760. The Hall–Kier alpha value is -4.20. The van der Waals surface area contributed by atoms with E-state index in [0.717, 1.165) is 53.5 Å². The molecule has 2 aliphatic carbocycles. The van der Waals surface area contributed by atoms with Gasteiger partial charge in [-0.05, 0) is 116 Å². The number of fused-ring (bicyclic) bond motifs is 1. The molecule has 0 saturated heterocycles. The molecule has 0 spiro atoms. The predicted octanol–water partition coefficient (Wildman–Crippen LogP) is 8.33. The van der Waals surface area contributed by atoms with E-state index in [9.17, 15) is 9.18 Å². The third-order valence-corrected chi connectivity index (χ3v) is 9.75. The molecule has 1 aromatic heterocycles. The third kappa shape index (κ3) is 5.94. The van der Waals surface area contributed by atoms with Crippen LogP contribution in [0.25, 0.3) is 5.69 Å². The average molecular weight is 603 g/mol. The Labute approximate surface area is 262 Å². The van der Waals surface area contributed by atoms with Gasteiger partial charge in [0, 0.05) is 28.2 Å². The van der Waals surface area contributed by atoms with Crippen molar-refractivity contribution in [3.63, 3.8) is 0 Å². The molecule has 1 saturated carbocycles. The summed E-state index contributed by atoms with van der Waals surface area (Å²) in [5.41, 5.74) is 6.67. The monoisotopic (exact) mass is 602 g/mol. The van der Waals surface area contributed by atoms with Crippen LogP contribution in [-0.4, -0.2) is 15.5 Å². The van der Waals surface area contributed by atoms with E-state index in [1.807, 2.05) is 42.3 Å². The lowest BCUT2D eigenvalue weighted by Crippen LogP contribution is -2.33. The predicted molar refractivity (Wildman–Crippen MR) is 174 cm³/mol. The molecule has 1 fully saturated rings. The van der Waals surface area contributed by atoms with Crippen LogP contribution in [0.2, 0.25) is 0 Å². The second-order valence-corrected chi connectivity index (χ2v) is 12.7.